The second kappa shape index (κ2) is 6.87. The highest BCUT2D eigenvalue weighted by Gasteiger charge is 2.30. The summed E-state index contributed by atoms with van der Waals surface area (Å²) in [5.74, 6) is -0.900. The molecule has 3 N–H and O–H groups in total. The van der Waals surface area contributed by atoms with E-state index in [0.717, 1.165) is 6.07 Å². The molecule has 28 heavy (non-hydrogen) atoms. The van der Waals surface area contributed by atoms with Gasteiger partial charge in [-0.15, -0.1) is 0 Å². The van der Waals surface area contributed by atoms with E-state index in [-0.39, 0.29) is 29.3 Å². The van der Waals surface area contributed by atoms with Crippen LogP contribution in [0.5, 0.6) is 5.75 Å². The predicted octanol–water partition coefficient (Wildman–Crippen LogP) is 2.60. The second-order valence-electron chi connectivity index (χ2n) is 7.37. The fourth-order valence-corrected chi connectivity index (χ4v) is 3.66. The van der Waals surface area contributed by atoms with Gasteiger partial charge in [0, 0.05) is 36.8 Å². The predicted molar refractivity (Wildman–Crippen MR) is 104 cm³/mol. The largest absolute Gasteiger partial charge is 0.508 e. The van der Waals surface area contributed by atoms with Crippen molar-refractivity contribution >= 4 is 16.9 Å². The van der Waals surface area contributed by atoms with Crippen molar-refractivity contribution in [2.45, 2.75) is 32.9 Å². The summed E-state index contributed by atoms with van der Waals surface area (Å²) < 4.78 is 14.4. The van der Waals surface area contributed by atoms with Gasteiger partial charge in [0.05, 0.1) is 22.3 Å². The molecule has 2 atom stereocenters. The molecule has 1 saturated heterocycles. The number of rotatable bonds is 2. The molecule has 0 unspecified atom stereocenters. The number of carbonyl (C=O) groups excluding carboxylic acids is 1. The number of piperazine rings is 1. The third-order valence-electron chi connectivity index (χ3n) is 5.19. The number of phenolic OH excluding ortho intramolecular Hbond substituents is 1. The lowest BCUT2D eigenvalue weighted by molar-refractivity contribution is 0.0618. The zero-order valence-corrected chi connectivity index (χ0v) is 16.0. The van der Waals surface area contributed by atoms with Crippen LogP contribution in [0.4, 0.5) is 4.39 Å². The van der Waals surface area contributed by atoms with Gasteiger partial charge in [0.2, 0.25) is 0 Å². The number of benzene rings is 1. The average Bonchev–Trinajstić information content (AvgIpc) is 3.03. The van der Waals surface area contributed by atoms with E-state index in [1.54, 1.807) is 6.07 Å². The SMILES string of the molecule is Cc1n[nH]c2nc(-c3ccc(O)cc3F)cc(C(=O)N3C[C@@H](C)NC[C@H]3C)c12. The number of H-pyrrole nitrogens is 1. The van der Waals surface area contributed by atoms with Gasteiger partial charge >= 0.3 is 0 Å². The van der Waals surface area contributed by atoms with Gasteiger partial charge in [0.25, 0.3) is 5.91 Å². The van der Waals surface area contributed by atoms with Crippen LogP contribution in [0, 0.1) is 12.7 Å². The van der Waals surface area contributed by atoms with Crippen LogP contribution >= 0.6 is 0 Å². The molecular weight excluding hydrogens is 361 g/mol. The molecule has 146 valence electrons. The van der Waals surface area contributed by atoms with Crippen LogP contribution in [-0.2, 0) is 0 Å². The van der Waals surface area contributed by atoms with Crippen molar-refractivity contribution < 1.29 is 14.3 Å². The van der Waals surface area contributed by atoms with Crippen LogP contribution in [0.25, 0.3) is 22.3 Å². The summed E-state index contributed by atoms with van der Waals surface area (Å²) in [6, 6.07) is 5.71. The summed E-state index contributed by atoms with van der Waals surface area (Å²) >= 11 is 0. The molecule has 8 heteroatoms. The maximum absolute atomic E-state index is 14.4. The normalized spacial score (nSPS) is 19.9. The first-order valence-corrected chi connectivity index (χ1v) is 9.24. The third kappa shape index (κ3) is 3.09. The Hall–Kier alpha value is -3.00. The Morgan fingerprint density at radius 3 is 2.86 bits per heavy atom. The molecule has 0 saturated carbocycles. The van der Waals surface area contributed by atoms with Crippen LogP contribution in [0.1, 0.15) is 29.9 Å². The van der Waals surface area contributed by atoms with E-state index in [0.29, 0.717) is 41.1 Å². The summed E-state index contributed by atoms with van der Waals surface area (Å²) in [5.41, 5.74) is 2.07. The Morgan fingerprint density at radius 2 is 2.11 bits per heavy atom. The lowest BCUT2D eigenvalue weighted by Gasteiger charge is -2.37. The molecule has 3 aromatic rings. The number of hydrogen-bond acceptors (Lipinski definition) is 5. The van der Waals surface area contributed by atoms with Crippen molar-refractivity contribution in [3.63, 3.8) is 0 Å². The number of amides is 1. The summed E-state index contributed by atoms with van der Waals surface area (Å²) in [4.78, 5) is 19.7. The number of aromatic hydroxyl groups is 1. The van der Waals surface area contributed by atoms with Crippen LogP contribution in [0.2, 0.25) is 0 Å². The number of fused-ring (bicyclic) bond motifs is 1. The van der Waals surface area contributed by atoms with Gasteiger partial charge in [0.15, 0.2) is 5.65 Å². The van der Waals surface area contributed by atoms with Crippen molar-refractivity contribution in [3.8, 4) is 17.0 Å². The van der Waals surface area contributed by atoms with Crippen LogP contribution in [-0.4, -0.2) is 56.3 Å². The number of nitrogens with zero attached hydrogens (tertiary/aromatic N) is 3. The fourth-order valence-electron chi connectivity index (χ4n) is 3.66. The summed E-state index contributed by atoms with van der Waals surface area (Å²) in [6.45, 7) is 7.14. The fraction of sp³-hybridized carbons (Fsp3) is 0.350. The molecule has 1 aliphatic heterocycles. The van der Waals surface area contributed by atoms with Gasteiger partial charge in [0.1, 0.15) is 11.6 Å². The Kier molecular flexibility index (Phi) is 4.50. The number of aryl methyl sites for hydroxylation is 1. The molecular formula is C20H22FN5O2. The second-order valence-corrected chi connectivity index (χ2v) is 7.37. The number of carbonyl (C=O) groups is 1. The summed E-state index contributed by atoms with van der Waals surface area (Å²) in [6.07, 6.45) is 0. The van der Waals surface area contributed by atoms with Gasteiger partial charge in [-0.2, -0.15) is 5.10 Å². The van der Waals surface area contributed by atoms with E-state index >= 15 is 0 Å². The van der Waals surface area contributed by atoms with E-state index < -0.39 is 5.82 Å². The molecule has 2 aromatic heterocycles. The van der Waals surface area contributed by atoms with E-state index in [4.69, 9.17) is 0 Å². The molecule has 7 nitrogen and oxygen atoms in total. The molecule has 0 spiro atoms. The Labute approximate surface area is 161 Å². The average molecular weight is 383 g/mol. The molecule has 1 aliphatic rings. The zero-order valence-electron chi connectivity index (χ0n) is 16.0. The van der Waals surface area contributed by atoms with E-state index in [1.807, 2.05) is 25.7 Å². The number of hydrogen-bond donors (Lipinski definition) is 3. The number of nitrogens with one attached hydrogen (secondary N) is 2. The number of aromatic amines is 1. The first kappa shape index (κ1) is 18.4. The first-order chi connectivity index (χ1) is 13.3. The Balaban J connectivity index is 1.87. The van der Waals surface area contributed by atoms with Crippen LogP contribution < -0.4 is 5.32 Å². The lowest BCUT2D eigenvalue weighted by atomic mass is 10.0. The van der Waals surface area contributed by atoms with E-state index in [2.05, 4.69) is 20.5 Å². The van der Waals surface area contributed by atoms with Crippen molar-refractivity contribution in [3.05, 3.63) is 41.3 Å². The van der Waals surface area contributed by atoms with E-state index in [9.17, 15) is 14.3 Å². The minimum Gasteiger partial charge on any atom is -0.508 e. The van der Waals surface area contributed by atoms with Crippen LogP contribution in [0.3, 0.4) is 0 Å². The van der Waals surface area contributed by atoms with Crippen molar-refractivity contribution in [2.75, 3.05) is 13.1 Å². The Bertz CT molecular complexity index is 1060. The van der Waals surface area contributed by atoms with Gasteiger partial charge in [-0.05, 0) is 39.0 Å². The number of aromatic nitrogens is 3. The smallest absolute Gasteiger partial charge is 0.255 e. The molecule has 4 rings (SSSR count). The summed E-state index contributed by atoms with van der Waals surface area (Å²) in [5, 5.41) is 20.5. The molecule has 1 fully saturated rings. The molecule has 0 aliphatic carbocycles. The summed E-state index contributed by atoms with van der Waals surface area (Å²) in [7, 11) is 0. The zero-order chi connectivity index (χ0) is 20.0. The standard InChI is InChI=1S/C20H22FN5O2/c1-10-9-26(11(2)8-22-10)20(28)15-7-17(14-5-4-13(27)6-16(14)21)23-19-18(15)12(3)24-25-19/h4-7,10-11,22,27H,8-9H2,1-3H3,(H,23,24,25)/t10-,11-/m1/s1. The van der Waals surface area contributed by atoms with Gasteiger partial charge < -0.3 is 15.3 Å². The number of phenols is 1. The maximum atomic E-state index is 14.4. The lowest BCUT2D eigenvalue weighted by Crippen LogP contribution is -2.56. The molecule has 0 bridgehead atoms. The third-order valence-corrected chi connectivity index (χ3v) is 5.19. The van der Waals surface area contributed by atoms with E-state index in [1.165, 1.54) is 12.1 Å². The highest BCUT2D eigenvalue weighted by Crippen LogP contribution is 2.30. The van der Waals surface area contributed by atoms with Gasteiger partial charge in [-0.3, -0.25) is 9.89 Å². The monoisotopic (exact) mass is 383 g/mol. The number of pyridine rings is 1. The minimum atomic E-state index is -0.606. The highest BCUT2D eigenvalue weighted by molar-refractivity contribution is 6.07. The number of halogens is 1. The van der Waals surface area contributed by atoms with Gasteiger partial charge in [-0.1, -0.05) is 0 Å². The quantitative estimate of drug-likeness (QED) is 0.632. The van der Waals surface area contributed by atoms with Gasteiger partial charge in [-0.25, -0.2) is 9.37 Å². The van der Waals surface area contributed by atoms with Crippen molar-refractivity contribution in [1.82, 2.24) is 25.4 Å². The Morgan fingerprint density at radius 1 is 1.32 bits per heavy atom. The molecule has 3 heterocycles. The van der Waals surface area contributed by atoms with Crippen molar-refractivity contribution in [1.29, 1.82) is 0 Å². The van der Waals surface area contributed by atoms with Crippen molar-refractivity contribution in [2.24, 2.45) is 0 Å². The minimum absolute atomic E-state index is 0.0352. The highest BCUT2D eigenvalue weighted by atomic mass is 19.1. The first-order valence-electron chi connectivity index (χ1n) is 9.24. The molecule has 1 aromatic carbocycles. The molecule has 1 amide bonds. The maximum Gasteiger partial charge on any atom is 0.255 e. The molecule has 0 radical (unpaired) electrons. The van der Waals surface area contributed by atoms with Crippen LogP contribution in [0.15, 0.2) is 24.3 Å². The topological polar surface area (TPSA) is 94.1 Å².